The van der Waals surface area contributed by atoms with E-state index in [0.717, 1.165) is 16.6 Å². The number of rotatable bonds is 3. The Labute approximate surface area is 271 Å². The first-order valence-electron chi connectivity index (χ1n) is 16.2. The molecule has 0 saturated carbocycles. The lowest BCUT2D eigenvalue weighted by Crippen LogP contribution is -1.91. The van der Waals surface area contributed by atoms with Crippen molar-refractivity contribution >= 4 is 65.0 Å². The minimum absolute atomic E-state index is 0.929. The number of fused-ring (bicyclic) bond motifs is 8. The van der Waals surface area contributed by atoms with E-state index in [9.17, 15) is 0 Å². The summed E-state index contributed by atoms with van der Waals surface area (Å²) < 4.78 is 6.17. The Bertz CT molecular complexity index is 2800. The van der Waals surface area contributed by atoms with E-state index in [1.54, 1.807) is 0 Å². The second-order valence-electron chi connectivity index (χ2n) is 12.5. The molecule has 47 heavy (non-hydrogen) atoms. The first-order valence-corrected chi connectivity index (χ1v) is 16.2. The Hall–Kier alpha value is -6.18. The molecule has 1 aromatic heterocycles. The van der Waals surface area contributed by atoms with Gasteiger partial charge in [0.1, 0.15) is 11.2 Å². The summed E-state index contributed by atoms with van der Waals surface area (Å²) in [5.74, 6) is 0. The van der Waals surface area contributed by atoms with Crippen LogP contribution in [0.2, 0.25) is 0 Å². The first kappa shape index (κ1) is 26.1. The summed E-state index contributed by atoms with van der Waals surface area (Å²) in [7, 11) is 0. The van der Waals surface area contributed by atoms with Crippen molar-refractivity contribution in [3.8, 4) is 33.4 Å². The fourth-order valence-corrected chi connectivity index (χ4v) is 7.68. The average molecular weight is 597 g/mol. The zero-order valence-corrected chi connectivity index (χ0v) is 25.6. The van der Waals surface area contributed by atoms with E-state index in [1.165, 1.54) is 81.9 Å². The molecule has 0 amide bonds. The third-order valence-corrected chi connectivity index (χ3v) is 9.81. The van der Waals surface area contributed by atoms with Crippen LogP contribution in [0.4, 0.5) is 0 Å². The Morgan fingerprint density at radius 3 is 1.55 bits per heavy atom. The topological polar surface area (TPSA) is 13.1 Å². The second kappa shape index (κ2) is 10.2. The number of furan rings is 1. The monoisotopic (exact) mass is 596 g/mol. The average Bonchev–Trinajstić information content (AvgIpc) is 3.53. The molecule has 0 aliphatic carbocycles. The highest BCUT2D eigenvalue weighted by atomic mass is 16.3. The second-order valence-corrected chi connectivity index (χ2v) is 12.5. The van der Waals surface area contributed by atoms with Gasteiger partial charge in [-0.3, -0.25) is 0 Å². The van der Waals surface area contributed by atoms with E-state index in [0.29, 0.717) is 0 Å². The van der Waals surface area contributed by atoms with Crippen LogP contribution in [0.1, 0.15) is 0 Å². The predicted octanol–water partition coefficient (Wildman–Crippen LogP) is 13.2. The Morgan fingerprint density at radius 1 is 0.277 bits per heavy atom. The van der Waals surface area contributed by atoms with Crippen LogP contribution in [-0.2, 0) is 0 Å². The molecule has 0 fully saturated rings. The summed E-state index contributed by atoms with van der Waals surface area (Å²) in [6.45, 7) is 0. The fourth-order valence-electron chi connectivity index (χ4n) is 7.68. The Morgan fingerprint density at radius 2 is 0.809 bits per heavy atom. The summed E-state index contributed by atoms with van der Waals surface area (Å²) in [4.78, 5) is 0. The lowest BCUT2D eigenvalue weighted by Gasteiger charge is -2.18. The summed E-state index contributed by atoms with van der Waals surface area (Å²) in [6, 6.07) is 61.7. The molecular formula is C46H28O. The fraction of sp³-hybridized carbons (Fsp3) is 0. The molecule has 1 heterocycles. The van der Waals surface area contributed by atoms with Crippen molar-refractivity contribution in [1.82, 2.24) is 0 Å². The lowest BCUT2D eigenvalue weighted by molar-refractivity contribution is 0.669. The van der Waals surface area contributed by atoms with Gasteiger partial charge in [-0.05, 0) is 107 Å². The molecular weight excluding hydrogens is 569 g/mol. The minimum atomic E-state index is 0.929. The SMILES string of the molecule is c1cc(-c2ccc3c(ccc4oc5ccccc5c43)c2)cc(-c2c3ccccc3c(-c3ccc4ccccc4c3)c3ccccc23)c1. The largest absolute Gasteiger partial charge is 0.456 e. The van der Waals surface area contributed by atoms with Gasteiger partial charge in [0.15, 0.2) is 0 Å². The molecule has 10 rings (SSSR count). The number of benzene rings is 9. The Balaban J connectivity index is 1.17. The number of hydrogen-bond acceptors (Lipinski definition) is 1. The van der Waals surface area contributed by atoms with Gasteiger partial charge in [0, 0.05) is 10.8 Å². The first-order chi connectivity index (χ1) is 23.3. The van der Waals surface area contributed by atoms with Gasteiger partial charge in [-0.25, -0.2) is 0 Å². The zero-order valence-electron chi connectivity index (χ0n) is 25.6. The molecule has 0 N–H and O–H groups in total. The maximum atomic E-state index is 6.17. The van der Waals surface area contributed by atoms with Crippen LogP contribution < -0.4 is 0 Å². The van der Waals surface area contributed by atoms with Crippen molar-refractivity contribution in [2.45, 2.75) is 0 Å². The van der Waals surface area contributed by atoms with Crippen molar-refractivity contribution in [2.24, 2.45) is 0 Å². The Kier molecular flexibility index (Phi) is 5.64. The van der Waals surface area contributed by atoms with Gasteiger partial charge in [-0.15, -0.1) is 0 Å². The molecule has 0 bridgehead atoms. The molecule has 9 aromatic carbocycles. The molecule has 0 atom stereocenters. The van der Waals surface area contributed by atoms with Crippen LogP contribution >= 0.6 is 0 Å². The maximum absolute atomic E-state index is 6.17. The van der Waals surface area contributed by atoms with Gasteiger partial charge >= 0.3 is 0 Å². The maximum Gasteiger partial charge on any atom is 0.136 e. The van der Waals surface area contributed by atoms with Crippen molar-refractivity contribution in [1.29, 1.82) is 0 Å². The van der Waals surface area contributed by atoms with Gasteiger partial charge in [-0.1, -0.05) is 140 Å². The van der Waals surface area contributed by atoms with E-state index < -0.39 is 0 Å². The van der Waals surface area contributed by atoms with Crippen LogP contribution in [0.15, 0.2) is 174 Å². The van der Waals surface area contributed by atoms with Crippen molar-refractivity contribution in [3.05, 3.63) is 170 Å². The van der Waals surface area contributed by atoms with E-state index in [-0.39, 0.29) is 0 Å². The summed E-state index contributed by atoms with van der Waals surface area (Å²) in [5, 5.41) is 12.3. The summed E-state index contributed by atoms with van der Waals surface area (Å²) in [6.07, 6.45) is 0. The van der Waals surface area contributed by atoms with Gasteiger partial charge in [0.2, 0.25) is 0 Å². The number of para-hydroxylation sites is 1. The van der Waals surface area contributed by atoms with Crippen molar-refractivity contribution in [3.63, 3.8) is 0 Å². The number of hydrogen-bond donors (Lipinski definition) is 0. The molecule has 0 spiro atoms. The van der Waals surface area contributed by atoms with E-state index in [4.69, 9.17) is 4.42 Å². The third kappa shape index (κ3) is 4.03. The predicted molar refractivity (Wildman–Crippen MR) is 200 cm³/mol. The molecule has 0 radical (unpaired) electrons. The quantitative estimate of drug-likeness (QED) is 0.185. The third-order valence-electron chi connectivity index (χ3n) is 9.81. The normalized spacial score (nSPS) is 11.8. The van der Waals surface area contributed by atoms with E-state index in [2.05, 4.69) is 158 Å². The summed E-state index contributed by atoms with van der Waals surface area (Å²) >= 11 is 0. The van der Waals surface area contributed by atoms with Crippen LogP contribution in [-0.4, -0.2) is 0 Å². The highest BCUT2D eigenvalue weighted by Gasteiger charge is 2.17. The molecule has 0 aliphatic heterocycles. The molecule has 1 nitrogen and oxygen atoms in total. The smallest absolute Gasteiger partial charge is 0.136 e. The van der Waals surface area contributed by atoms with Gasteiger partial charge < -0.3 is 4.42 Å². The molecule has 0 unspecified atom stereocenters. The van der Waals surface area contributed by atoms with Crippen molar-refractivity contribution in [2.75, 3.05) is 0 Å². The standard InChI is InChI=1S/C46H28O/c1-2-11-30-27-35(21-20-29(30)10-1)45-39-16-5-3-14-37(39)44(38-15-4-6-17-40(38)45)34-13-9-12-31(28-34)32-22-24-36-33(26-32)23-25-43-46(36)41-18-7-8-19-42(41)47-43/h1-28H. The van der Waals surface area contributed by atoms with Crippen LogP contribution in [0, 0.1) is 0 Å². The molecule has 218 valence electrons. The summed E-state index contributed by atoms with van der Waals surface area (Å²) in [5.41, 5.74) is 9.28. The molecule has 0 aliphatic rings. The minimum Gasteiger partial charge on any atom is -0.456 e. The molecule has 10 aromatic rings. The van der Waals surface area contributed by atoms with E-state index in [1.807, 2.05) is 12.1 Å². The van der Waals surface area contributed by atoms with Gasteiger partial charge in [0.25, 0.3) is 0 Å². The van der Waals surface area contributed by atoms with E-state index >= 15 is 0 Å². The van der Waals surface area contributed by atoms with Crippen LogP contribution in [0.25, 0.3) is 98.4 Å². The highest BCUT2D eigenvalue weighted by Crippen LogP contribution is 2.45. The van der Waals surface area contributed by atoms with Crippen LogP contribution in [0.3, 0.4) is 0 Å². The van der Waals surface area contributed by atoms with Gasteiger partial charge in [0.05, 0.1) is 0 Å². The molecule has 0 saturated heterocycles. The van der Waals surface area contributed by atoms with Crippen LogP contribution in [0.5, 0.6) is 0 Å². The zero-order chi connectivity index (χ0) is 30.9. The van der Waals surface area contributed by atoms with Crippen molar-refractivity contribution < 1.29 is 4.42 Å². The molecule has 1 heteroatoms. The van der Waals surface area contributed by atoms with Gasteiger partial charge in [-0.2, -0.15) is 0 Å². The highest BCUT2D eigenvalue weighted by molar-refractivity contribution is 6.22. The lowest BCUT2D eigenvalue weighted by atomic mass is 9.85.